The first kappa shape index (κ1) is 10.1. The van der Waals surface area contributed by atoms with Crippen molar-refractivity contribution in [3.8, 4) is 0 Å². The first-order chi connectivity index (χ1) is 6.74. The Bertz CT molecular complexity index is 293. The Kier molecular flexibility index (Phi) is 3.19. The first-order valence-corrected chi connectivity index (χ1v) is 6.21. The largest absolute Gasteiger partial charge is 0.393 e. The molecule has 0 spiro atoms. The molecule has 78 valence electrons. The van der Waals surface area contributed by atoms with Crippen molar-refractivity contribution < 1.29 is 5.11 Å². The van der Waals surface area contributed by atoms with Crippen LogP contribution in [0.3, 0.4) is 0 Å². The zero-order valence-corrected chi connectivity index (χ0v) is 9.39. The summed E-state index contributed by atoms with van der Waals surface area (Å²) in [7, 11) is 0. The minimum Gasteiger partial charge on any atom is -0.393 e. The molecule has 2 nitrogen and oxygen atoms in total. The molecule has 1 atom stereocenters. The molecule has 1 N–H and O–H groups in total. The Morgan fingerprint density at radius 1 is 1.64 bits per heavy atom. The summed E-state index contributed by atoms with van der Waals surface area (Å²) in [4.78, 5) is 4.36. The first-order valence-electron chi connectivity index (χ1n) is 5.33. The van der Waals surface area contributed by atoms with E-state index >= 15 is 0 Å². The Hall–Kier alpha value is -0.410. The van der Waals surface area contributed by atoms with E-state index in [9.17, 15) is 5.11 Å². The van der Waals surface area contributed by atoms with Crippen LogP contribution in [0, 0.1) is 12.8 Å². The highest BCUT2D eigenvalue weighted by atomic mass is 32.1. The summed E-state index contributed by atoms with van der Waals surface area (Å²) in [6.45, 7) is 2.01. The SMILES string of the molecule is Cc1nc(CC(O)CC2CCC2)cs1. The smallest absolute Gasteiger partial charge is 0.0897 e. The van der Waals surface area contributed by atoms with Gasteiger partial charge in [-0.25, -0.2) is 4.98 Å². The Morgan fingerprint density at radius 3 is 2.93 bits per heavy atom. The van der Waals surface area contributed by atoms with Gasteiger partial charge in [-0.1, -0.05) is 19.3 Å². The number of hydrogen-bond acceptors (Lipinski definition) is 3. The van der Waals surface area contributed by atoms with Crippen LogP contribution in [-0.2, 0) is 6.42 Å². The van der Waals surface area contributed by atoms with Crippen LogP contribution in [0.25, 0.3) is 0 Å². The van der Waals surface area contributed by atoms with Crippen LogP contribution in [-0.4, -0.2) is 16.2 Å². The average molecular weight is 211 g/mol. The maximum absolute atomic E-state index is 9.81. The molecule has 2 rings (SSSR count). The molecule has 1 unspecified atom stereocenters. The maximum Gasteiger partial charge on any atom is 0.0897 e. The van der Waals surface area contributed by atoms with Gasteiger partial charge in [-0.3, -0.25) is 0 Å². The normalized spacial score (nSPS) is 19.3. The molecular weight excluding hydrogens is 194 g/mol. The molecule has 1 heterocycles. The fourth-order valence-corrected chi connectivity index (χ4v) is 2.57. The van der Waals surface area contributed by atoms with Crippen molar-refractivity contribution in [2.75, 3.05) is 0 Å². The minimum atomic E-state index is -0.179. The lowest BCUT2D eigenvalue weighted by molar-refractivity contribution is 0.117. The van der Waals surface area contributed by atoms with Gasteiger partial charge in [-0.2, -0.15) is 0 Å². The molecule has 1 aliphatic carbocycles. The second kappa shape index (κ2) is 4.41. The lowest BCUT2D eigenvalue weighted by Gasteiger charge is -2.27. The fraction of sp³-hybridized carbons (Fsp3) is 0.727. The van der Waals surface area contributed by atoms with Crippen LogP contribution in [0.1, 0.15) is 36.4 Å². The van der Waals surface area contributed by atoms with Crippen LogP contribution in [0.4, 0.5) is 0 Å². The van der Waals surface area contributed by atoms with E-state index < -0.39 is 0 Å². The number of nitrogens with zero attached hydrogens (tertiary/aromatic N) is 1. The van der Waals surface area contributed by atoms with Gasteiger partial charge in [0.15, 0.2) is 0 Å². The molecule has 1 aromatic heterocycles. The molecule has 14 heavy (non-hydrogen) atoms. The number of aliphatic hydroxyl groups excluding tert-OH is 1. The molecule has 1 aromatic rings. The van der Waals surface area contributed by atoms with Crippen molar-refractivity contribution in [2.45, 2.75) is 45.1 Å². The van der Waals surface area contributed by atoms with Crippen molar-refractivity contribution in [1.82, 2.24) is 4.98 Å². The number of hydrogen-bond donors (Lipinski definition) is 1. The molecule has 0 amide bonds. The molecule has 3 heteroatoms. The van der Waals surface area contributed by atoms with Crippen LogP contribution in [0.2, 0.25) is 0 Å². The highest BCUT2D eigenvalue weighted by Gasteiger charge is 2.21. The van der Waals surface area contributed by atoms with Gasteiger partial charge in [0, 0.05) is 11.8 Å². The quantitative estimate of drug-likeness (QED) is 0.830. The van der Waals surface area contributed by atoms with Gasteiger partial charge in [-0.05, 0) is 19.3 Å². The topological polar surface area (TPSA) is 33.1 Å². The second-order valence-electron chi connectivity index (χ2n) is 4.25. The number of aromatic nitrogens is 1. The van der Waals surface area contributed by atoms with E-state index in [0.717, 1.165) is 29.5 Å². The van der Waals surface area contributed by atoms with Crippen LogP contribution in [0.15, 0.2) is 5.38 Å². The highest BCUT2D eigenvalue weighted by Crippen LogP contribution is 2.31. The highest BCUT2D eigenvalue weighted by molar-refractivity contribution is 7.09. The molecule has 1 aliphatic rings. The zero-order chi connectivity index (χ0) is 9.97. The summed E-state index contributed by atoms with van der Waals surface area (Å²) in [5.41, 5.74) is 1.05. The number of aryl methyl sites for hydroxylation is 1. The van der Waals surface area contributed by atoms with Crippen molar-refractivity contribution >= 4 is 11.3 Å². The molecule has 0 aromatic carbocycles. The summed E-state index contributed by atoms with van der Waals surface area (Å²) < 4.78 is 0. The summed E-state index contributed by atoms with van der Waals surface area (Å²) in [6.07, 6.45) is 5.51. The van der Waals surface area contributed by atoms with E-state index in [1.165, 1.54) is 19.3 Å². The Morgan fingerprint density at radius 2 is 2.43 bits per heavy atom. The van der Waals surface area contributed by atoms with Crippen LogP contribution < -0.4 is 0 Å². The second-order valence-corrected chi connectivity index (χ2v) is 5.31. The van der Waals surface area contributed by atoms with Crippen molar-refractivity contribution in [1.29, 1.82) is 0 Å². The Balaban J connectivity index is 1.78. The molecule has 0 saturated heterocycles. The van der Waals surface area contributed by atoms with E-state index in [0.29, 0.717) is 0 Å². The van der Waals surface area contributed by atoms with E-state index in [2.05, 4.69) is 10.4 Å². The van der Waals surface area contributed by atoms with Gasteiger partial charge < -0.3 is 5.11 Å². The van der Waals surface area contributed by atoms with E-state index in [4.69, 9.17) is 0 Å². The number of aliphatic hydroxyl groups is 1. The summed E-state index contributed by atoms with van der Waals surface area (Å²) in [5.74, 6) is 0.782. The monoisotopic (exact) mass is 211 g/mol. The van der Waals surface area contributed by atoms with Crippen molar-refractivity contribution in [3.05, 3.63) is 16.1 Å². The van der Waals surface area contributed by atoms with Gasteiger partial charge in [0.2, 0.25) is 0 Å². The van der Waals surface area contributed by atoms with Gasteiger partial charge in [0.05, 0.1) is 16.8 Å². The van der Waals surface area contributed by atoms with Gasteiger partial charge in [-0.15, -0.1) is 11.3 Å². The number of rotatable bonds is 4. The van der Waals surface area contributed by atoms with E-state index in [1.807, 2.05) is 6.92 Å². The fourth-order valence-electron chi connectivity index (χ4n) is 1.94. The Labute approximate surface area is 89.0 Å². The summed E-state index contributed by atoms with van der Waals surface area (Å²) in [5, 5.41) is 13.0. The van der Waals surface area contributed by atoms with E-state index in [1.54, 1.807) is 11.3 Å². The zero-order valence-electron chi connectivity index (χ0n) is 8.57. The van der Waals surface area contributed by atoms with E-state index in [-0.39, 0.29) is 6.10 Å². The van der Waals surface area contributed by atoms with Crippen LogP contribution in [0.5, 0.6) is 0 Å². The lowest BCUT2D eigenvalue weighted by Crippen LogP contribution is -2.21. The molecule has 0 radical (unpaired) electrons. The average Bonchev–Trinajstić information content (AvgIpc) is 2.44. The van der Waals surface area contributed by atoms with Crippen molar-refractivity contribution in [3.63, 3.8) is 0 Å². The lowest BCUT2D eigenvalue weighted by atomic mass is 9.81. The summed E-state index contributed by atoms with van der Waals surface area (Å²) >= 11 is 1.66. The minimum absolute atomic E-state index is 0.179. The van der Waals surface area contributed by atoms with Crippen LogP contribution >= 0.6 is 11.3 Å². The molecule has 0 bridgehead atoms. The summed E-state index contributed by atoms with van der Waals surface area (Å²) in [6, 6.07) is 0. The predicted octanol–water partition coefficient (Wildman–Crippen LogP) is 2.55. The van der Waals surface area contributed by atoms with Gasteiger partial charge in [0.25, 0.3) is 0 Å². The van der Waals surface area contributed by atoms with Crippen molar-refractivity contribution in [2.24, 2.45) is 5.92 Å². The number of thiazole rings is 1. The third kappa shape index (κ3) is 2.55. The molecular formula is C11H17NOS. The predicted molar refractivity (Wildman–Crippen MR) is 58.5 cm³/mol. The molecule has 0 aliphatic heterocycles. The molecule has 1 fully saturated rings. The third-order valence-electron chi connectivity index (χ3n) is 2.94. The third-order valence-corrected chi connectivity index (χ3v) is 3.76. The van der Waals surface area contributed by atoms with Gasteiger partial charge >= 0.3 is 0 Å². The maximum atomic E-state index is 9.81. The standard InChI is InChI=1S/C11H17NOS/c1-8-12-10(7-14-8)6-11(13)5-9-3-2-4-9/h7,9,11,13H,2-6H2,1H3. The van der Waals surface area contributed by atoms with Gasteiger partial charge in [0.1, 0.15) is 0 Å². The molecule has 1 saturated carbocycles.